The summed E-state index contributed by atoms with van der Waals surface area (Å²) < 4.78 is 0. The van der Waals surface area contributed by atoms with Crippen molar-refractivity contribution in [3.63, 3.8) is 0 Å². The quantitative estimate of drug-likeness (QED) is 0.506. The summed E-state index contributed by atoms with van der Waals surface area (Å²) in [5.41, 5.74) is 5.78. The molecule has 1 rings (SSSR count). The number of benzene rings is 1. The number of aryl methyl sites for hydroxylation is 2. The Kier molecular flexibility index (Phi) is 19.2. The fourth-order valence-corrected chi connectivity index (χ4v) is 1.45. The van der Waals surface area contributed by atoms with Crippen LogP contribution in [-0.2, 0) is 6.42 Å². The van der Waals surface area contributed by atoms with Crippen LogP contribution in [0.15, 0.2) is 35.4 Å². The van der Waals surface area contributed by atoms with Gasteiger partial charge in [-0.1, -0.05) is 82.5 Å². The maximum absolute atomic E-state index is 2.21. The van der Waals surface area contributed by atoms with E-state index < -0.39 is 0 Å². The SMILES string of the molecule is C.CC.CCCC(C)=C(C)C.CCc1ccc(C)cc1. The van der Waals surface area contributed by atoms with E-state index >= 15 is 0 Å². The van der Waals surface area contributed by atoms with Gasteiger partial charge in [0, 0.05) is 0 Å². The molecule has 0 saturated carbocycles. The van der Waals surface area contributed by atoms with Crippen molar-refractivity contribution in [2.45, 2.75) is 82.1 Å². The lowest BCUT2D eigenvalue weighted by atomic mass is 10.1. The van der Waals surface area contributed by atoms with Gasteiger partial charge in [0.25, 0.3) is 0 Å². The highest BCUT2D eigenvalue weighted by molar-refractivity contribution is 5.20. The zero-order chi connectivity index (χ0) is 15.3. The first-order valence-corrected chi connectivity index (χ1v) is 7.69. The molecule has 1 aromatic rings. The van der Waals surface area contributed by atoms with Crippen LogP contribution < -0.4 is 0 Å². The van der Waals surface area contributed by atoms with Crippen LogP contribution in [0.1, 0.15) is 79.9 Å². The minimum atomic E-state index is 0. The van der Waals surface area contributed by atoms with E-state index in [0.29, 0.717) is 0 Å². The van der Waals surface area contributed by atoms with Crippen molar-refractivity contribution in [3.8, 4) is 0 Å². The Morgan fingerprint density at radius 2 is 1.35 bits per heavy atom. The molecule has 0 fully saturated rings. The Morgan fingerprint density at radius 3 is 1.60 bits per heavy atom. The summed E-state index contributed by atoms with van der Waals surface area (Å²) in [6.07, 6.45) is 3.68. The number of allylic oxidation sites excluding steroid dienone is 2. The second-order valence-corrected chi connectivity index (χ2v) is 4.87. The van der Waals surface area contributed by atoms with Gasteiger partial charge < -0.3 is 0 Å². The fourth-order valence-electron chi connectivity index (χ4n) is 1.45. The van der Waals surface area contributed by atoms with Crippen molar-refractivity contribution in [1.82, 2.24) is 0 Å². The summed E-state index contributed by atoms with van der Waals surface area (Å²) in [6, 6.07) is 8.66. The van der Waals surface area contributed by atoms with Crippen LogP contribution in [-0.4, -0.2) is 0 Å². The van der Waals surface area contributed by atoms with E-state index in [1.807, 2.05) is 13.8 Å². The van der Waals surface area contributed by atoms with Crippen molar-refractivity contribution in [2.75, 3.05) is 0 Å². The van der Waals surface area contributed by atoms with Crippen LogP contribution in [0.25, 0.3) is 0 Å². The van der Waals surface area contributed by atoms with Crippen LogP contribution >= 0.6 is 0 Å². The molecule has 0 N–H and O–H groups in total. The monoisotopic (exact) mass is 278 g/mol. The van der Waals surface area contributed by atoms with E-state index in [2.05, 4.69) is 65.8 Å². The summed E-state index contributed by atoms with van der Waals surface area (Å²) >= 11 is 0. The van der Waals surface area contributed by atoms with E-state index in [9.17, 15) is 0 Å². The third-order valence-corrected chi connectivity index (χ3v) is 3.01. The Morgan fingerprint density at radius 1 is 0.900 bits per heavy atom. The zero-order valence-electron chi connectivity index (χ0n) is 14.4. The molecular formula is C20H38. The molecule has 1 aromatic carbocycles. The standard InChI is InChI=1S/C9H12.C8H16.C2H6.CH4/c1-3-9-6-4-8(2)5-7-9;1-5-6-8(4)7(2)3;1-2;/h4-7H,3H2,1-2H3;5-6H2,1-4H3;1-2H3;1H4. The van der Waals surface area contributed by atoms with Crippen LogP contribution in [0.5, 0.6) is 0 Å². The number of hydrogen-bond donors (Lipinski definition) is 0. The summed E-state index contributed by atoms with van der Waals surface area (Å²) in [5.74, 6) is 0. The minimum absolute atomic E-state index is 0. The van der Waals surface area contributed by atoms with Crippen LogP contribution in [0.4, 0.5) is 0 Å². The van der Waals surface area contributed by atoms with Crippen LogP contribution in [0.2, 0.25) is 0 Å². The first kappa shape index (κ1) is 24.0. The molecule has 0 bridgehead atoms. The second kappa shape index (κ2) is 16.0. The van der Waals surface area contributed by atoms with Gasteiger partial charge in [0.1, 0.15) is 0 Å². The molecule has 0 amide bonds. The average Bonchev–Trinajstić information content (AvgIpc) is 2.43. The smallest absolute Gasteiger partial charge is 0.0307 e. The van der Waals surface area contributed by atoms with E-state index in [4.69, 9.17) is 0 Å². The Balaban J connectivity index is -0.000000248. The minimum Gasteiger partial charge on any atom is -0.0776 e. The lowest BCUT2D eigenvalue weighted by Gasteiger charge is -1.98. The molecule has 0 radical (unpaired) electrons. The van der Waals surface area contributed by atoms with Crippen LogP contribution in [0.3, 0.4) is 0 Å². The molecule has 0 aromatic heterocycles. The van der Waals surface area contributed by atoms with E-state index in [1.165, 1.54) is 29.5 Å². The predicted octanol–water partition coefficient (Wildman–Crippen LogP) is 7.36. The molecule has 0 aliphatic heterocycles. The summed E-state index contributed by atoms with van der Waals surface area (Å²) in [4.78, 5) is 0. The van der Waals surface area contributed by atoms with E-state index in [-0.39, 0.29) is 7.43 Å². The van der Waals surface area contributed by atoms with Crippen molar-refractivity contribution >= 4 is 0 Å². The lowest BCUT2D eigenvalue weighted by molar-refractivity contribution is 0.890. The van der Waals surface area contributed by atoms with Crippen molar-refractivity contribution in [2.24, 2.45) is 0 Å². The highest BCUT2D eigenvalue weighted by Crippen LogP contribution is 2.07. The van der Waals surface area contributed by atoms with Gasteiger partial charge in [-0.25, -0.2) is 0 Å². The Bertz CT molecular complexity index is 324. The Hall–Kier alpha value is -1.04. The van der Waals surface area contributed by atoms with E-state index in [0.717, 1.165) is 6.42 Å². The first-order chi connectivity index (χ1) is 9.01. The molecule has 0 unspecified atom stereocenters. The predicted molar refractivity (Wildman–Crippen MR) is 97.6 cm³/mol. The van der Waals surface area contributed by atoms with Gasteiger partial charge in [-0.15, -0.1) is 0 Å². The molecule has 0 nitrogen and oxygen atoms in total. The van der Waals surface area contributed by atoms with Crippen LogP contribution in [0, 0.1) is 6.92 Å². The maximum atomic E-state index is 2.21. The van der Waals surface area contributed by atoms with Gasteiger partial charge in [0.05, 0.1) is 0 Å². The van der Waals surface area contributed by atoms with Gasteiger partial charge in [0.2, 0.25) is 0 Å². The van der Waals surface area contributed by atoms with Gasteiger partial charge in [-0.2, -0.15) is 0 Å². The third kappa shape index (κ3) is 13.4. The molecule has 0 heterocycles. The highest BCUT2D eigenvalue weighted by Gasteiger charge is 1.87. The lowest BCUT2D eigenvalue weighted by Crippen LogP contribution is -1.77. The number of rotatable bonds is 3. The van der Waals surface area contributed by atoms with Gasteiger partial charge in [0.15, 0.2) is 0 Å². The molecule has 0 atom stereocenters. The van der Waals surface area contributed by atoms with Gasteiger partial charge >= 0.3 is 0 Å². The first-order valence-electron chi connectivity index (χ1n) is 7.69. The Labute approximate surface area is 129 Å². The topological polar surface area (TPSA) is 0 Å². The molecule has 0 spiro atoms. The summed E-state index contributed by atoms with van der Waals surface area (Å²) in [5, 5.41) is 0. The van der Waals surface area contributed by atoms with Crippen molar-refractivity contribution < 1.29 is 0 Å². The molecule has 0 aliphatic rings. The zero-order valence-corrected chi connectivity index (χ0v) is 14.4. The average molecular weight is 279 g/mol. The summed E-state index contributed by atoms with van der Waals surface area (Å²) in [7, 11) is 0. The number of hydrogen-bond acceptors (Lipinski definition) is 0. The molecule has 0 heteroatoms. The largest absolute Gasteiger partial charge is 0.0776 e. The molecular weight excluding hydrogens is 240 g/mol. The fraction of sp³-hybridized carbons (Fsp3) is 0.600. The van der Waals surface area contributed by atoms with Crippen molar-refractivity contribution in [3.05, 3.63) is 46.5 Å². The maximum Gasteiger partial charge on any atom is -0.0307 e. The molecule has 0 aliphatic carbocycles. The van der Waals surface area contributed by atoms with Gasteiger partial charge in [-0.3, -0.25) is 0 Å². The molecule has 20 heavy (non-hydrogen) atoms. The second-order valence-electron chi connectivity index (χ2n) is 4.87. The summed E-state index contributed by atoms with van der Waals surface area (Å²) in [6.45, 7) is 17.0. The van der Waals surface area contributed by atoms with Gasteiger partial charge in [-0.05, 0) is 46.1 Å². The van der Waals surface area contributed by atoms with E-state index in [1.54, 1.807) is 5.57 Å². The molecule has 0 saturated heterocycles. The molecule has 118 valence electrons. The van der Waals surface area contributed by atoms with Crippen molar-refractivity contribution in [1.29, 1.82) is 0 Å². The highest BCUT2D eigenvalue weighted by atomic mass is 13.9. The normalized spacial score (nSPS) is 8.20. The third-order valence-electron chi connectivity index (χ3n) is 3.01.